The molecule has 196 valence electrons. The topological polar surface area (TPSA) is 120 Å². The van der Waals surface area contributed by atoms with Crippen molar-refractivity contribution in [1.82, 2.24) is 9.97 Å². The third kappa shape index (κ3) is 3.29. The summed E-state index contributed by atoms with van der Waals surface area (Å²) < 4.78 is 0. The van der Waals surface area contributed by atoms with Crippen LogP contribution in [0.15, 0.2) is 48.8 Å². The van der Waals surface area contributed by atoms with E-state index in [0.29, 0.717) is 0 Å². The second-order valence-electron chi connectivity index (χ2n) is 11.3. The van der Waals surface area contributed by atoms with Crippen LogP contribution in [0.5, 0.6) is 0 Å². The molecular formula is C30H32N6O2-2. The molecule has 3 aliphatic rings. The van der Waals surface area contributed by atoms with E-state index in [1.54, 1.807) is 12.4 Å². The molecule has 8 nitrogen and oxygen atoms in total. The Balaban J connectivity index is 1.32. The second kappa shape index (κ2) is 8.44. The summed E-state index contributed by atoms with van der Waals surface area (Å²) >= 11 is 0. The van der Waals surface area contributed by atoms with Gasteiger partial charge in [-0.25, -0.2) is 0 Å². The van der Waals surface area contributed by atoms with Gasteiger partial charge in [-0.3, -0.25) is 9.97 Å². The summed E-state index contributed by atoms with van der Waals surface area (Å²) in [5.74, 6) is -1.38. The van der Waals surface area contributed by atoms with Crippen LogP contribution in [0.1, 0.15) is 50.7 Å². The standard InChI is InChI=1S/C30H32N6O2/c1-13-15(3)35-27-17(11-31-19-7-5-9-21(33-13)25(19)27)23-29(37)24(30(23)38)18-12-32-20-8-6-10-22-26(20)28(18)36-16(4)14(2)34-22/h5-16,23-24,29-30,33-36H,1-4H3/q-2. The Morgan fingerprint density at radius 1 is 0.579 bits per heavy atom. The molecule has 2 aliphatic heterocycles. The monoisotopic (exact) mass is 508 g/mol. The predicted molar refractivity (Wildman–Crippen MR) is 149 cm³/mol. The number of nitrogens with zero attached hydrogens (tertiary/aromatic N) is 2. The number of nitrogens with one attached hydrogen (secondary N) is 4. The second-order valence-corrected chi connectivity index (χ2v) is 11.3. The van der Waals surface area contributed by atoms with Crippen LogP contribution in [0.3, 0.4) is 0 Å². The number of anilines is 4. The normalized spacial score (nSPS) is 31.7. The maximum Gasteiger partial charge on any atom is 0.0743 e. The van der Waals surface area contributed by atoms with Crippen LogP contribution in [0.25, 0.3) is 21.8 Å². The number of rotatable bonds is 2. The lowest BCUT2D eigenvalue weighted by Crippen LogP contribution is -2.64. The first-order chi connectivity index (χ1) is 18.3. The zero-order valence-corrected chi connectivity index (χ0v) is 21.9. The van der Waals surface area contributed by atoms with Crippen molar-refractivity contribution in [1.29, 1.82) is 0 Å². The van der Waals surface area contributed by atoms with Crippen molar-refractivity contribution in [3.63, 3.8) is 0 Å². The van der Waals surface area contributed by atoms with Crippen LogP contribution in [-0.4, -0.2) is 46.3 Å². The quantitative estimate of drug-likeness (QED) is 0.325. The molecule has 1 fully saturated rings. The molecule has 0 bridgehead atoms. The zero-order valence-electron chi connectivity index (χ0n) is 21.9. The highest BCUT2D eigenvalue weighted by Gasteiger charge is 2.42. The Morgan fingerprint density at radius 2 is 0.974 bits per heavy atom. The molecule has 4 N–H and O–H groups in total. The van der Waals surface area contributed by atoms with Gasteiger partial charge in [-0.2, -0.15) is 0 Å². The molecule has 0 saturated heterocycles. The molecule has 38 heavy (non-hydrogen) atoms. The first-order valence-corrected chi connectivity index (χ1v) is 13.5. The summed E-state index contributed by atoms with van der Waals surface area (Å²) in [5, 5.41) is 44.3. The lowest BCUT2D eigenvalue weighted by atomic mass is 9.63. The van der Waals surface area contributed by atoms with E-state index in [2.05, 4.69) is 58.9 Å². The van der Waals surface area contributed by atoms with E-state index in [4.69, 9.17) is 0 Å². The summed E-state index contributed by atoms with van der Waals surface area (Å²) in [6.45, 7) is 8.47. The summed E-state index contributed by atoms with van der Waals surface area (Å²) in [6, 6.07) is 12.5. The van der Waals surface area contributed by atoms with Crippen molar-refractivity contribution in [2.24, 2.45) is 0 Å². The molecule has 4 heterocycles. The highest BCUT2D eigenvalue weighted by Crippen LogP contribution is 2.52. The molecule has 8 heteroatoms. The summed E-state index contributed by atoms with van der Waals surface area (Å²) in [7, 11) is 0. The molecule has 0 amide bonds. The molecule has 0 radical (unpaired) electrons. The number of benzene rings is 2. The molecular weight excluding hydrogens is 476 g/mol. The predicted octanol–water partition coefficient (Wildman–Crippen LogP) is 3.35. The van der Waals surface area contributed by atoms with Gasteiger partial charge in [0.1, 0.15) is 0 Å². The Morgan fingerprint density at radius 3 is 1.39 bits per heavy atom. The van der Waals surface area contributed by atoms with Gasteiger partial charge >= 0.3 is 0 Å². The third-order valence-electron chi connectivity index (χ3n) is 8.99. The minimum atomic E-state index is -1.10. The molecule has 1 saturated carbocycles. The maximum absolute atomic E-state index is 14.0. The number of hydrogen-bond acceptors (Lipinski definition) is 8. The van der Waals surface area contributed by atoms with Gasteiger partial charge in [0.2, 0.25) is 0 Å². The fourth-order valence-corrected chi connectivity index (χ4v) is 6.40. The molecule has 1 aliphatic carbocycles. The van der Waals surface area contributed by atoms with E-state index in [1.165, 1.54) is 0 Å². The van der Waals surface area contributed by atoms with Crippen molar-refractivity contribution in [3.05, 3.63) is 59.9 Å². The highest BCUT2D eigenvalue weighted by atomic mass is 16.3. The van der Waals surface area contributed by atoms with Crippen LogP contribution >= 0.6 is 0 Å². The minimum Gasteiger partial charge on any atom is -0.851 e. The van der Waals surface area contributed by atoms with Crippen LogP contribution in [0.2, 0.25) is 0 Å². The Labute approximate surface area is 221 Å². The van der Waals surface area contributed by atoms with Crippen molar-refractivity contribution >= 4 is 44.6 Å². The average Bonchev–Trinajstić information content (AvgIpc) is 3.12. The van der Waals surface area contributed by atoms with Gasteiger partial charge in [0.15, 0.2) is 0 Å². The fourth-order valence-electron chi connectivity index (χ4n) is 6.40. The van der Waals surface area contributed by atoms with Crippen LogP contribution < -0.4 is 31.5 Å². The van der Waals surface area contributed by atoms with Gasteiger partial charge in [-0.1, -0.05) is 12.1 Å². The molecule has 4 unspecified atom stereocenters. The van der Waals surface area contributed by atoms with Crippen LogP contribution in [0, 0.1) is 0 Å². The van der Waals surface area contributed by atoms with E-state index in [0.717, 1.165) is 55.7 Å². The summed E-state index contributed by atoms with van der Waals surface area (Å²) in [6.07, 6.45) is 1.29. The molecule has 2 aromatic carbocycles. The van der Waals surface area contributed by atoms with E-state index in [9.17, 15) is 10.2 Å². The van der Waals surface area contributed by atoms with Crippen LogP contribution in [0.4, 0.5) is 22.7 Å². The number of pyridine rings is 2. The zero-order chi connectivity index (χ0) is 26.3. The summed E-state index contributed by atoms with van der Waals surface area (Å²) in [5.41, 5.74) is 6.81. The fraction of sp³-hybridized carbons (Fsp3) is 0.400. The van der Waals surface area contributed by atoms with Gasteiger partial charge in [0, 0.05) is 58.7 Å². The van der Waals surface area contributed by atoms with Crippen molar-refractivity contribution in [2.75, 3.05) is 21.3 Å². The average molecular weight is 509 g/mol. The largest absolute Gasteiger partial charge is 0.851 e. The summed E-state index contributed by atoms with van der Waals surface area (Å²) in [4.78, 5) is 9.36. The maximum atomic E-state index is 14.0. The van der Waals surface area contributed by atoms with Crippen molar-refractivity contribution in [2.45, 2.75) is 75.9 Å². The Bertz CT molecular complexity index is 1450. The molecule has 4 aromatic rings. The van der Waals surface area contributed by atoms with Gasteiger partial charge in [-0.15, -0.1) is 12.2 Å². The van der Waals surface area contributed by atoms with Crippen molar-refractivity contribution < 1.29 is 10.2 Å². The number of aromatic nitrogens is 2. The molecule has 4 atom stereocenters. The first-order valence-electron chi connectivity index (χ1n) is 13.5. The van der Waals surface area contributed by atoms with E-state index in [1.807, 2.05) is 36.4 Å². The van der Waals surface area contributed by atoms with Crippen molar-refractivity contribution in [3.8, 4) is 0 Å². The number of hydrogen-bond donors (Lipinski definition) is 4. The Kier molecular flexibility index (Phi) is 5.22. The van der Waals surface area contributed by atoms with Gasteiger partial charge in [-0.05, 0) is 74.9 Å². The van der Waals surface area contributed by atoms with E-state index < -0.39 is 24.0 Å². The van der Waals surface area contributed by atoms with E-state index in [-0.39, 0.29) is 24.2 Å². The lowest BCUT2D eigenvalue weighted by molar-refractivity contribution is -0.535. The Hall–Kier alpha value is -3.62. The lowest BCUT2D eigenvalue weighted by Gasteiger charge is -2.62. The first kappa shape index (κ1) is 23.5. The van der Waals surface area contributed by atoms with E-state index >= 15 is 0 Å². The third-order valence-corrected chi connectivity index (χ3v) is 8.99. The molecule has 0 spiro atoms. The van der Waals surface area contributed by atoms with Gasteiger partial charge in [0.05, 0.1) is 22.4 Å². The highest BCUT2D eigenvalue weighted by molar-refractivity contribution is 6.04. The van der Waals surface area contributed by atoms with Gasteiger partial charge < -0.3 is 31.5 Å². The van der Waals surface area contributed by atoms with Gasteiger partial charge in [0.25, 0.3) is 0 Å². The molecule has 7 rings (SSSR count). The van der Waals surface area contributed by atoms with Crippen LogP contribution in [-0.2, 0) is 0 Å². The SMILES string of the molecule is CC1Nc2cccc3ncc(C4C([O-])C(c5cnc6cccc7c6c5NC(C)C(C)N7)C4[O-])c(c23)NC1C. The smallest absolute Gasteiger partial charge is 0.0743 e. The minimum absolute atomic E-state index is 0.106. The molecule has 2 aromatic heterocycles.